The minimum atomic E-state index is -0.787. The molecule has 1 fully saturated rings. The van der Waals surface area contributed by atoms with Gasteiger partial charge in [-0.15, -0.1) is 0 Å². The van der Waals surface area contributed by atoms with Gasteiger partial charge in [0.05, 0.1) is 43.6 Å². The normalized spacial score (nSPS) is 17.2. The number of ketones is 1. The number of carbonyl (C=O) groups excluding carboxylic acids is 2. The summed E-state index contributed by atoms with van der Waals surface area (Å²) in [6, 6.07) is 17.3. The van der Waals surface area contributed by atoms with Crippen molar-refractivity contribution in [1.29, 1.82) is 0 Å². The zero-order chi connectivity index (χ0) is 25.1. The summed E-state index contributed by atoms with van der Waals surface area (Å²) in [7, 11) is 2.99. The number of Topliss-reactive ketones (excluding diaryl/α,β-unsaturated/α-hetero) is 1. The van der Waals surface area contributed by atoms with Crippen LogP contribution in [0.15, 0.2) is 72.4 Å². The summed E-state index contributed by atoms with van der Waals surface area (Å²) in [6.07, 6.45) is 1.64. The van der Waals surface area contributed by atoms with E-state index in [2.05, 4.69) is 18.8 Å². The molecular formula is C28H28N2O5. The molecule has 4 rings (SSSR count). The van der Waals surface area contributed by atoms with E-state index in [0.29, 0.717) is 28.7 Å². The van der Waals surface area contributed by atoms with Gasteiger partial charge in [-0.25, -0.2) is 0 Å². The largest absolute Gasteiger partial charge is 0.507 e. The summed E-state index contributed by atoms with van der Waals surface area (Å²) >= 11 is 0. The molecule has 1 saturated heterocycles. The van der Waals surface area contributed by atoms with Crippen molar-refractivity contribution in [1.82, 2.24) is 9.88 Å². The fourth-order valence-corrected chi connectivity index (χ4v) is 4.26. The number of likely N-dealkylation sites (tertiary alicyclic amines) is 1. The quantitative estimate of drug-likeness (QED) is 0.301. The van der Waals surface area contributed by atoms with Crippen LogP contribution in [0, 0.1) is 0 Å². The molecule has 7 nitrogen and oxygen atoms in total. The number of rotatable bonds is 7. The molecule has 3 aromatic rings. The Bertz CT molecular complexity index is 1270. The second kappa shape index (κ2) is 10.0. The molecule has 1 unspecified atom stereocenters. The highest BCUT2D eigenvalue weighted by atomic mass is 16.5. The Balaban J connectivity index is 1.88. The van der Waals surface area contributed by atoms with Crippen molar-refractivity contribution < 1.29 is 24.2 Å². The molecule has 1 aromatic heterocycles. The Hall–Kier alpha value is -4.13. The zero-order valence-electron chi connectivity index (χ0n) is 20.2. The second-order valence-corrected chi connectivity index (χ2v) is 8.64. The highest BCUT2D eigenvalue weighted by molar-refractivity contribution is 6.46. The first kappa shape index (κ1) is 24.0. The molecular weight excluding hydrogens is 444 g/mol. The summed E-state index contributed by atoms with van der Waals surface area (Å²) in [5.74, 6) is -0.560. The predicted molar refractivity (Wildman–Crippen MR) is 132 cm³/mol. The molecule has 1 aliphatic rings. The topological polar surface area (TPSA) is 89.0 Å². The SMILES string of the molecule is COc1ccc(/C(O)=C2/C(=O)C(=O)N(Cc3ccccn3)C2c2ccc(C(C)C)cc2)c(OC)c1. The van der Waals surface area contributed by atoms with Crippen LogP contribution in [0.4, 0.5) is 0 Å². The van der Waals surface area contributed by atoms with E-state index in [4.69, 9.17) is 9.47 Å². The number of nitrogens with zero attached hydrogens (tertiary/aromatic N) is 2. The van der Waals surface area contributed by atoms with Gasteiger partial charge in [-0.2, -0.15) is 0 Å². The van der Waals surface area contributed by atoms with E-state index in [-0.39, 0.29) is 17.9 Å². The molecule has 0 bridgehead atoms. The summed E-state index contributed by atoms with van der Waals surface area (Å²) in [5, 5.41) is 11.4. The van der Waals surface area contributed by atoms with Gasteiger partial charge in [-0.1, -0.05) is 44.2 Å². The number of aliphatic hydroxyl groups is 1. The first-order chi connectivity index (χ1) is 16.8. The zero-order valence-corrected chi connectivity index (χ0v) is 20.2. The lowest BCUT2D eigenvalue weighted by molar-refractivity contribution is -0.140. The van der Waals surface area contributed by atoms with E-state index >= 15 is 0 Å². The number of benzene rings is 2. The monoisotopic (exact) mass is 472 g/mol. The molecule has 1 amide bonds. The van der Waals surface area contributed by atoms with Gasteiger partial charge in [0.25, 0.3) is 11.7 Å². The van der Waals surface area contributed by atoms with Gasteiger partial charge >= 0.3 is 0 Å². The van der Waals surface area contributed by atoms with Crippen molar-refractivity contribution in [3.05, 3.63) is 94.8 Å². The van der Waals surface area contributed by atoms with Crippen molar-refractivity contribution in [2.75, 3.05) is 14.2 Å². The van der Waals surface area contributed by atoms with Gasteiger partial charge in [0, 0.05) is 12.3 Å². The minimum absolute atomic E-state index is 0.00620. The van der Waals surface area contributed by atoms with Crippen molar-refractivity contribution in [3.63, 3.8) is 0 Å². The summed E-state index contributed by atoms with van der Waals surface area (Å²) < 4.78 is 10.7. The first-order valence-corrected chi connectivity index (χ1v) is 11.4. The van der Waals surface area contributed by atoms with E-state index in [9.17, 15) is 14.7 Å². The van der Waals surface area contributed by atoms with Crippen LogP contribution < -0.4 is 9.47 Å². The highest BCUT2D eigenvalue weighted by Crippen LogP contribution is 2.42. The van der Waals surface area contributed by atoms with Crippen LogP contribution in [0.2, 0.25) is 0 Å². The summed E-state index contributed by atoms with van der Waals surface area (Å²) in [4.78, 5) is 32.3. The molecule has 0 saturated carbocycles. The van der Waals surface area contributed by atoms with Crippen LogP contribution in [0.25, 0.3) is 5.76 Å². The number of hydrogen-bond acceptors (Lipinski definition) is 6. The van der Waals surface area contributed by atoms with E-state index in [1.807, 2.05) is 30.3 Å². The van der Waals surface area contributed by atoms with Gasteiger partial charge in [-0.3, -0.25) is 14.6 Å². The van der Waals surface area contributed by atoms with Crippen LogP contribution in [-0.2, 0) is 16.1 Å². The average Bonchev–Trinajstić information content (AvgIpc) is 3.13. The van der Waals surface area contributed by atoms with Gasteiger partial charge in [0.2, 0.25) is 0 Å². The molecule has 0 aliphatic carbocycles. The molecule has 180 valence electrons. The molecule has 0 radical (unpaired) electrons. The number of amides is 1. The predicted octanol–water partition coefficient (Wildman–Crippen LogP) is 4.84. The molecule has 2 aromatic carbocycles. The molecule has 2 heterocycles. The Morgan fingerprint density at radius 2 is 1.77 bits per heavy atom. The van der Waals surface area contributed by atoms with Gasteiger partial charge in [0.15, 0.2) is 0 Å². The maximum Gasteiger partial charge on any atom is 0.296 e. The standard InChI is InChI=1S/C28H28N2O5/c1-17(2)18-8-10-19(11-9-18)25-24(26(31)22-13-12-21(34-3)15-23(22)35-4)27(32)28(33)30(25)16-20-7-5-6-14-29-20/h5-15,17,25,31H,16H2,1-4H3/b26-24-. The van der Waals surface area contributed by atoms with E-state index in [1.54, 1.807) is 36.5 Å². The highest BCUT2D eigenvalue weighted by Gasteiger charge is 2.46. The molecule has 1 N–H and O–H groups in total. The third-order valence-corrected chi connectivity index (χ3v) is 6.18. The Kier molecular flexibility index (Phi) is 6.87. The van der Waals surface area contributed by atoms with Gasteiger partial charge < -0.3 is 19.5 Å². The number of pyridine rings is 1. The van der Waals surface area contributed by atoms with Gasteiger partial charge in [0.1, 0.15) is 17.3 Å². The van der Waals surface area contributed by atoms with Crippen molar-refractivity contribution in [2.24, 2.45) is 0 Å². The second-order valence-electron chi connectivity index (χ2n) is 8.64. The Labute approximate surface area is 204 Å². The smallest absolute Gasteiger partial charge is 0.296 e. The third-order valence-electron chi connectivity index (χ3n) is 6.18. The summed E-state index contributed by atoms with van der Waals surface area (Å²) in [6.45, 7) is 4.31. The van der Waals surface area contributed by atoms with Crippen LogP contribution in [0.3, 0.4) is 0 Å². The van der Waals surface area contributed by atoms with Crippen molar-refractivity contribution in [3.8, 4) is 11.5 Å². The fraction of sp³-hybridized carbons (Fsp3) is 0.250. The number of aliphatic hydroxyl groups excluding tert-OH is 1. The lowest BCUT2D eigenvalue weighted by atomic mass is 9.93. The first-order valence-electron chi connectivity index (χ1n) is 11.4. The molecule has 0 spiro atoms. The van der Waals surface area contributed by atoms with Crippen molar-refractivity contribution in [2.45, 2.75) is 32.4 Å². The minimum Gasteiger partial charge on any atom is -0.507 e. The number of carbonyl (C=O) groups is 2. The van der Waals surface area contributed by atoms with E-state index < -0.39 is 17.7 Å². The Morgan fingerprint density at radius 3 is 2.37 bits per heavy atom. The van der Waals surface area contributed by atoms with Crippen LogP contribution in [0.1, 0.15) is 48.2 Å². The third kappa shape index (κ3) is 4.62. The van der Waals surface area contributed by atoms with E-state index in [1.165, 1.54) is 19.1 Å². The van der Waals surface area contributed by atoms with Gasteiger partial charge in [-0.05, 0) is 41.3 Å². The number of ether oxygens (including phenoxy) is 2. The number of methoxy groups -OCH3 is 2. The average molecular weight is 473 g/mol. The maximum atomic E-state index is 13.3. The summed E-state index contributed by atoms with van der Waals surface area (Å²) in [5.41, 5.74) is 2.80. The fourth-order valence-electron chi connectivity index (χ4n) is 4.26. The number of hydrogen-bond donors (Lipinski definition) is 1. The van der Waals surface area contributed by atoms with Crippen LogP contribution in [0.5, 0.6) is 11.5 Å². The van der Waals surface area contributed by atoms with Crippen molar-refractivity contribution >= 4 is 17.4 Å². The van der Waals surface area contributed by atoms with E-state index in [0.717, 1.165) is 11.1 Å². The molecule has 1 atom stereocenters. The Morgan fingerprint density at radius 1 is 1.03 bits per heavy atom. The van der Waals surface area contributed by atoms with Crippen LogP contribution in [-0.4, -0.2) is 40.9 Å². The lowest BCUT2D eigenvalue weighted by Crippen LogP contribution is -2.29. The number of aromatic nitrogens is 1. The molecule has 7 heteroatoms. The molecule has 1 aliphatic heterocycles. The lowest BCUT2D eigenvalue weighted by Gasteiger charge is -2.25. The molecule has 35 heavy (non-hydrogen) atoms. The van der Waals surface area contributed by atoms with Crippen LogP contribution >= 0.6 is 0 Å². The maximum absolute atomic E-state index is 13.3.